The predicted octanol–water partition coefficient (Wildman–Crippen LogP) is 3.40. The number of nitrogens with two attached hydrogens (primary N) is 1. The lowest BCUT2D eigenvalue weighted by atomic mass is 10.2. The Morgan fingerprint density at radius 2 is 1.76 bits per heavy atom. The van der Waals surface area contributed by atoms with E-state index in [4.69, 9.17) is 10.5 Å². The second-order valence-electron chi connectivity index (χ2n) is 5.00. The largest absolute Gasteiger partial charge is 0.491 e. The molecule has 0 aromatic heterocycles. The number of rotatable bonds is 5. The molecule has 0 heterocycles. The van der Waals surface area contributed by atoms with Gasteiger partial charge in [0.15, 0.2) is 5.96 Å². The highest BCUT2D eigenvalue weighted by molar-refractivity contribution is 5.92. The quantitative estimate of drug-likeness (QED) is 0.653. The number of ether oxygens (including phenoxy) is 1. The number of guanidine groups is 1. The van der Waals surface area contributed by atoms with Crippen LogP contribution in [0.1, 0.15) is 19.4 Å². The van der Waals surface area contributed by atoms with Crippen LogP contribution < -0.4 is 15.8 Å². The van der Waals surface area contributed by atoms with Crippen molar-refractivity contribution in [3.05, 3.63) is 60.2 Å². The fraction of sp³-hybridized carbons (Fsp3) is 0.235. The van der Waals surface area contributed by atoms with E-state index < -0.39 is 0 Å². The molecule has 0 aliphatic heterocycles. The standard InChI is InChI=1S/C17H21N3O/c1-13(2)21-16-10-8-14(9-11-16)12-19-17(18)20-15-6-4-3-5-7-15/h3-11,13H,12H2,1-2H3,(H3,18,19,20). The van der Waals surface area contributed by atoms with E-state index in [2.05, 4.69) is 10.3 Å². The molecule has 21 heavy (non-hydrogen) atoms. The summed E-state index contributed by atoms with van der Waals surface area (Å²) in [7, 11) is 0. The van der Waals surface area contributed by atoms with Gasteiger partial charge in [0, 0.05) is 5.69 Å². The highest BCUT2D eigenvalue weighted by Crippen LogP contribution is 2.14. The Kier molecular flexibility index (Phi) is 5.21. The summed E-state index contributed by atoms with van der Waals surface area (Å²) >= 11 is 0. The van der Waals surface area contributed by atoms with Gasteiger partial charge in [0.1, 0.15) is 5.75 Å². The Labute approximate surface area is 125 Å². The van der Waals surface area contributed by atoms with Gasteiger partial charge in [0.05, 0.1) is 12.6 Å². The summed E-state index contributed by atoms with van der Waals surface area (Å²) in [5.74, 6) is 1.27. The van der Waals surface area contributed by atoms with Crippen molar-refractivity contribution in [1.29, 1.82) is 0 Å². The van der Waals surface area contributed by atoms with Gasteiger partial charge in [0.2, 0.25) is 0 Å². The van der Waals surface area contributed by atoms with E-state index in [0.29, 0.717) is 12.5 Å². The fourth-order valence-corrected chi connectivity index (χ4v) is 1.83. The predicted molar refractivity (Wildman–Crippen MR) is 87.6 cm³/mol. The molecule has 0 aliphatic rings. The van der Waals surface area contributed by atoms with Crippen molar-refractivity contribution in [1.82, 2.24) is 0 Å². The molecular formula is C17H21N3O. The average Bonchev–Trinajstić information content (AvgIpc) is 2.47. The first-order valence-electron chi connectivity index (χ1n) is 7.01. The zero-order chi connectivity index (χ0) is 15.1. The van der Waals surface area contributed by atoms with Crippen LogP contribution in [0.3, 0.4) is 0 Å². The average molecular weight is 283 g/mol. The maximum absolute atomic E-state index is 5.86. The molecule has 2 rings (SSSR count). The molecule has 3 N–H and O–H groups in total. The molecule has 4 nitrogen and oxygen atoms in total. The van der Waals surface area contributed by atoms with Crippen molar-refractivity contribution in [2.45, 2.75) is 26.5 Å². The summed E-state index contributed by atoms with van der Waals surface area (Å²) in [5.41, 5.74) is 7.88. The van der Waals surface area contributed by atoms with Gasteiger partial charge in [0.25, 0.3) is 0 Å². The topological polar surface area (TPSA) is 59.6 Å². The van der Waals surface area contributed by atoms with Crippen LogP contribution in [0.5, 0.6) is 5.75 Å². The summed E-state index contributed by atoms with van der Waals surface area (Å²) < 4.78 is 5.60. The minimum atomic E-state index is 0.180. The molecule has 0 saturated heterocycles. The molecular weight excluding hydrogens is 262 g/mol. The zero-order valence-corrected chi connectivity index (χ0v) is 12.4. The molecule has 0 bridgehead atoms. The highest BCUT2D eigenvalue weighted by Gasteiger charge is 1.98. The minimum Gasteiger partial charge on any atom is -0.491 e. The number of benzene rings is 2. The Hall–Kier alpha value is -2.49. The first kappa shape index (κ1) is 14.9. The Morgan fingerprint density at radius 1 is 1.10 bits per heavy atom. The lowest BCUT2D eigenvalue weighted by Crippen LogP contribution is -2.22. The molecule has 2 aromatic rings. The monoisotopic (exact) mass is 283 g/mol. The van der Waals surface area contributed by atoms with E-state index >= 15 is 0 Å². The summed E-state index contributed by atoms with van der Waals surface area (Å²) in [6, 6.07) is 17.6. The molecule has 2 aromatic carbocycles. The van der Waals surface area contributed by atoms with E-state index in [1.54, 1.807) is 0 Å². The molecule has 0 aliphatic carbocycles. The lowest BCUT2D eigenvalue weighted by Gasteiger charge is -2.09. The van der Waals surface area contributed by atoms with Crippen molar-refractivity contribution >= 4 is 11.6 Å². The number of hydrogen-bond acceptors (Lipinski definition) is 2. The van der Waals surface area contributed by atoms with E-state index in [1.807, 2.05) is 68.4 Å². The number of nitrogens with one attached hydrogen (secondary N) is 1. The Morgan fingerprint density at radius 3 is 2.38 bits per heavy atom. The molecule has 4 heteroatoms. The van der Waals surface area contributed by atoms with Crippen LogP contribution in [-0.2, 0) is 6.54 Å². The second-order valence-corrected chi connectivity index (χ2v) is 5.00. The van der Waals surface area contributed by atoms with E-state index in [9.17, 15) is 0 Å². The SMILES string of the molecule is CC(C)Oc1ccc(CN=C(N)Nc2ccccc2)cc1. The highest BCUT2D eigenvalue weighted by atomic mass is 16.5. The summed E-state index contributed by atoms with van der Waals surface area (Å²) in [5, 5.41) is 3.05. The van der Waals surface area contributed by atoms with Crippen molar-refractivity contribution in [3.8, 4) is 5.75 Å². The van der Waals surface area contributed by atoms with Gasteiger partial charge in [-0.1, -0.05) is 30.3 Å². The van der Waals surface area contributed by atoms with Crippen LogP contribution in [0.4, 0.5) is 5.69 Å². The van der Waals surface area contributed by atoms with Gasteiger partial charge in [-0.3, -0.25) is 0 Å². The molecule has 0 saturated carbocycles. The van der Waals surface area contributed by atoms with Crippen molar-refractivity contribution < 1.29 is 4.74 Å². The normalized spacial score (nSPS) is 11.5. The molecule has 110 valence electrons. The van der Waals surface area contributed by atoms with E-state index in [-0.39, 0.29) is 6.10 Å². The Balaban J connectivity index is 1.90. The number of hydrogen-bond donors (Lipinski definition) is 2. The van der Waals surface area contributed by atoms with Crippen LogP contribution >= 0.6 is 0 Å². The fourth-order valence-electron chi connectivity index (χ4n) is 1.83. The summed E-state index contributed by atoms with van der Waals surface area (Å²) in [6.07, 6.45) is 0.180. The third kappa shape index (κ3) is 5.18. The third-order valence-electron chi connectivity index (χ3n) is 2.77. The van der Waals surface area contributed by atoms with Gasteiger partial charge in [-0.25, -0.2) is 4.99 Å². The first-order chi connectivity index (χ1) is 10.1. The zero-order valence-electron chi connectivity index (χ0n) is 12.4. The van der Waals surface area contributed by atoms with Gasteiger partial charge < -0.3 is 15.8 Å². The van der Waals surface area contributed by atoms with Crippen LogP contribution in [-0.4, -0.2) is 12.1 Å². The van der Waals surface area contributed by atoms with Crippen molar-refractivity contribution in [3.63, 3.8) is 0 Å². The van der Waals surface area contributed by atoms with Gasteiger partial charge in [-0.2, -0.15) is 0 Å². The second kappa shape index (κ2) is 7.33. The molecule has 0 atom stereocenters. The molecule has 0 unspecified atom stereocenters. The maximum atomic E-state index is 5.86. The third-order valence-corrected chi connectivity index (χ3v) is 2.77. The van der Waals surface area contributed by atoms with E-state index in [0.717, 1.165) is 17.0 Å². The Bertz CT molecular complexity index is 577. The smallest absolute Gasteiger partial charge is 0.193 e. The molecule has 0 fully saturated rings. The van der Waals surface area contributed by atoms with Gasteiger partial charge in [-0.15, -0.1) is 0 Å². The van der Waals surface area contributed by atoms with Gasteiger partial charge >= 0.3 is 0 Å². The number of aliphatic imine (C=N–C) groups is 1. The van der Waals surface area contributed by atoms with Crippen LogP contribution in [0.15, 0.2) is 59.6 Å². The van der Waals surface area contributed by atoms with Crippen molar-refractivity contribution in [2.24, 2.45) is 10.7 Å². The molecule has 0 amide bonds. The van der Waals surface area contributed by atoms with Crippen LogP contribution in [0.25, 0.3) is 0 Å². The van der Waals surface area contributed by atoms with Crippen LogP contribution in [0, 0.1) is 0 Å². The number of anilines is 1. The first-order valence-corrected chi connectivity index (χ1v) is 7.01. The molecule has 0 spiro atoms. The molecule has 0 radical (unpaired) electrons. The lowest BCUT2D eigenvalue weighted by molar-refractivity contribution is 0.242. The minimum absolute atomic E-state index is 0.180. The number of para-hydroxylation sites is 1. The van der Waals surface area contributed by atoms with Crippen molar-refractivity contribution in [2.75, 3.05) is 5.32 Å². The summed E-state index contributed by atoms with van der Waals surface area (Å²) in [6.45, 7) is 4.55. The maximum Gasteiger partial charge on any atom is 0.193 e. The summed E-state index contributed by atoms with van der Waals surface area (Å²) in [4.78, 5) is 4.32. The van der Waals surface area contributed by atoms with E-state index in [1.165, 1.54) is 0 Å². The van der Waals surface area contributed by atoms with Crippen LogP contribution in [0.2, 0.25) is 0 Å². The van der Waals surface area contributed by atoms with Gasteiger partial charge in [-0.05, 0) is 43.7 Å². The number of nitrogens with zero attached hydrogens (tertiary/aromatic N) is 1.